The van der Waals surface area contributed by atoms with E-state index in [0.717, 1.165) is 18.4 Å². The van der Waals surface area contributed by atoms with Gasteiger partial charge in [0.1, 0.15) is 6.33 Å². The highest BCUT2D eigenvalue weighted by atomic mass is 32.1. The van der Waals surface area contributed by atoms with E-state index in [1.165, 1.54) is 18.5 Å². The zero-order chi connectivity index (χ0) is 19.9. The number of hydrogen-bond donors (Lipinski definition) is 2. The summed E-state index contributed by atoms with van der Waals surface area (Å²) in [4.78, 5) is 4.00. The van der Waals surface area contributed by atoms with Crippen molar-refractivity contribution in [2.24, 2.45) is 11.3 Å². The number of hydrogen-bond acceptors (Lipinski definition) is 3. The number of H-pyrrole nitrogens is 1. The van der Waals surface area contributed by atoms with Gasteiger partial charge in [-0.05, 0) is 53.9 Å². The summed E-state index contributed by atoms with van der Waals surface area (Å²) >= 11 is 5.19. The molecule has 0 radical (unpaired) electrons. The van der Waals surface area contributed by atoms with Crippen LogP contribution in [0.4, 0.5) is 13.2 Å². The zero-order valence-electron chi connectivity index (χ0n) is 15.4. The van der Waals surface area contributed by atoms with Gasteiger partial charge in [0.2, 0.25) is 4.77 Å². The minimum atomic E-state index is -4.21. The van der Waals surface area contributed by atoms with Crippen LogP contribution in [0.5, 0.6) is 0 Å². The second kappa shape index (κ2) is 7.05. The van der Waals surface area contributed by atoms with Crippen LogP contribution in [0.2, 0.25) is 0 Å². The average Bonchev–Trinajstić information content (AvgIpc) is 3.04. The maximum Gasteiger partial charge on any atom is 0.393 e. The summed E-state index contributed by atoms with van der Waals surface area (Å²) in [5, 5.41) is 14.5. The van der Waals surface area contributed by atoms with Crippen molar-refractivity contribution in [3.8, 4) is 0 Å². The smallest absolute Gasteiger partial charge is 0.387 e. The van der Waals surface area contributed by atoms with E-state index in [9.17, 15) is 18.3 Å². The predicted octanol–water partition coefficient (Wildman–Crippen LogP) is 4.46. The van der Waals surface area contributed by atoms with E-state index in [0.29, 0.717) is 17.7 Å². The van der Waals surface area contributed by atoms with Crippen molar-refractivity contribution in [3.63, 3.8) is 0 Å². The quantitative estimate of drug-likeness (QED) is 0.730. The molecule has 2 N–H and O–H groups in total. The van der Waals surface area contributed by atoms with Crippen LogP contribution in [0.25, 0.3) is 0 Å². The lowest BCUT2D eigenvalue weighted by molar-refractivity contribution is -0.127. The standard InChI is InChI=1S/C19H24F3N3OS/c1-17(2)8-7-15(18(17,26)11-25-16(27)23-12-24-25)9-13-3-5-14(6-4-13)10-19(20,21)22/h3-6,12,15,26H,7-11H2,1-2H3,(H,23,24,27). The number of alkyl halides is 3. The van der Waals surface area contributed by atoms with E-state index in [-0.39, 0.29) is 16.9 Å². The summed E-state index contributed by atoms with van der Waals surface area (Å²) in [6.45, 7) is 4.40. The van der Waals surface area contributed by atoms with Crippen molar-refractivity contribution in [1.29, 1.82) is 0 Å². The molecule has 1 aliphatic carbocycles. The Morgan fingerprint density at radius 3 is 2.44 bits per heavy atom. The van der Waals surface area contributed by atoms with E-state index >= 15 is 0 Å². The van der Waals surface area contributed by atoms with Gasteiger partial charge in [0.25, 0.3) is 0 Å². The van der Waals surface area contributed by atoms with Gasteiger partial charge in [-0.3, -0.25) is 9.78 Å². The van der Waals surface area contributed by atoms with E-state index in [1.807, 2.05) is 13.8 Å². The molecule has 8 heteroatoms. The second-order valence-corrected chi connectivity index (χ2v) is 8.48. The van der Waals surface area contributed by atoms with Crippen LogP contribution in [0.1, 0.15) is 37.8 Å². The maximum absolute atomic E-state index is 12.5. The fourth-order valence-corrected chi connectivity index (χ4v) is 4.27. The van der Waals surface area contributed by atoms with Crippen LogP contribution in [0.3, 0.4) is 0 Å². The predicted molar refractivity (Wildman–Crippen MR) is 98.8 cm³/mol. The lowest BCUT2D eigenvalue weighted by atomic mass is 9.72. The van der Waals surface area contributed by atoms with Gasteiger partial charge in [-0.2, -0.15) is 13.2 Å². The molecule has 1 saturated carbocycles. The molecule has 3 rings (SSSR count). The Morgan fingerprint density at radius 2 is 1.89 bits per heavy atom. The topological polar surface area (TPSA) is 53.8 Å². The number of aliphatic hydroxyl groups is 1. The van der Waals surface area contributed by atoms with Crippen molar-refractivity contribution in [2.45, 2.75) is 57.9 Å². The van der Waals surface area contributed by atoms with Crippen molar-refractivity contribution in [2.75, 3.05) is 0 Å². The third-order valence-electron chi connectivity index (χ3n) is 5.89. The second-order valence-electron chi connectivity index (χ2n) is 8.11. The minimum Gasteiger partial charge on any atom is -0.387 e. The number of aromatic amines is 1. The molecule has 27 heavy (non-hydrogen) atoms. The maximum atomic E-state index is 12.5. The molecule has 2 atom stereocenters. The van der Waals surface area contributed by atoms with Crippen LogP contribution >= 0.6 is 12.2 Å². The normalized spacial score (nSPS) is 25.0. The van der Waals surface area contributed by atoms with Crippen molar-refractivity contribution < 1.29 is 18.3 Å². The van der Waals surface area contributed by atoms with Crippen LogP contribution in [0, 0.1) is 16.1 Å². The first-order valence-electron chi connectivity index (χ1n) is 8.97. The van der Waals surface area contributed by atoms with Gasteiger partial charge in [-0.25, -0.2) is 4.98 Å². The van der Waals surface area contributed by atoms with Crippen LogP contribution in [-0.2, 0) is 19.4 Å². The molecule has 0 amide bonds. The SMILES string of the molecule is CC1(C)CCC(Cc2ccc(CC(F)(F)F)cc2)C1(O)Cn1[nH]cnc1=S. The first-order chi connectivity index (χ1) is 12.5. The monoisotopic (exact) mass is 399 g/mol. The highest BCUT2D eigenvalue weighted by molar-refractivity contribution is 7.71. The van der Waals surface area contributed by atoms with Gasteiger partial charge in [0.05, 0.1) is 18.6 Å². The zero-order valence-corrected chi connectivity index (χ0v) is 16.2. The summed E-state index contributed by atoms with van der Waals surface area (Å²) < 4.78 is 39.6. The molecule has 0 aliphatic heterocycles. The van der Waals surface area contributed by atoms with E-state index in [4.69, 9.17) is 12.2 Å². The highest BCUT2D eigenvalue weighted by Gasteiger charge is 2.54. The number of rotatable bonds is 5. The molecule has 1 heterocycles. The lowest BCUT2D eigenvalue weighted by Crippen LogP contribution is -2.49. The van der Waals surface area contributed by atoms with E-state index < -0.39 is 18.2 Å². The number of benzene rings is 1. The first kappa shape index (κ1) is 20.1. The van der Waals surface area contributed by atoms with E-state index in [2.05, 4.69) is 10.1 Å². The molecule has 2 aromatic rings. The summed E-state index contributed by atoms with van der Waals surface area (Å²) in [6, 6.07) is 6.50. The van der Waals surface area contributed by atoms with Crippen molar-refractivity contribution in [1.82, 2.24) is 14.8 Å². The van der Waals surface area contributed by atoms with Gasteiger partial charge < -0.3 is 5.11 Å². The summed E-state index contributed by atoms with van der Waals surface area (Å²) in [6.07, 6.45) is -1.32. The third kappa shape index (κ3) is 4.27. The van der Waals surface area contributed by atoms with Crippen LogP contribution < -0.4 is 0 Å². The van der Waals surface area contributed by atoms with Gasteiger partial charge in [0, 0.05) is 0 Å². The van der Waals surface area contributed by atoms with Gasteiger partial charge in [-0.15, -0.1) is 0 Å². The lowest BCUT2D eigenvalue weighted by Gasteiger charge is -2.41. The largest absolute Gasteiger partial charge is 0.393 e. The summed E-state index contributed by atoms with van der Waals surface area (Å²) in [7, 11) is 0. The molecule has 4 nitrogen and oxygen atoms in total. The molecule has 0 saturated heterocycles. The Kier molecular flexibility index (Phi) is 5.24. The summed E-state index contributed by atoms with van der Waals surface area (Å²) in [5.41, 5.74) is -0.136. The molecule has 2 unspecified atom stereocenters. The molecule has 0 bridgehead atoms. The number of halogens is 3. The number of nitrogens with zero attached hydrogens (tertiary/aromatic N) is 2. The molecule has 1 aromatic heterocycles. The fourth-order valence-electron chi connectivity index (χ4n) is 4.10. The highest BCUT2D eigenvalue weighted by Crippen LogP contribution is 2.51. The van der Waals surface area contributed by atoms with Gasteiger partial charge in [0.15, 0.2) is 0 Å². The summed E-state index contributed by atoms with van der Waals surface area (Å²) in [5.74, 6) is -0.0221. The molecule has 1 fully saturated rings. The first-order valence-corrected chi connectivity index (χ1v) is 9.38. The van der Waals surface area contributed by atoms with Crippen LogP contribution in [0.15, 0.2) is 30.6 Å². The van der Waals surface area contributed by atoms with Crippen molar-refractivity contribution in [3.05, 3.63) is 46.5 Å². The van der Waals surface area contributed by atoms with Gasteiger partial charge >= 0.3 is 6.18 Å². The van der Waals surface area contributed by atoms with E-state index in [1.54, 1.807) is 16.8 Å². The number of nitrogens with one attached hydrogen (secondary N) is 1. The molecule has 1 aliphatic rings. The Balaban J connectivity index is 1.78. The molecular formula is C19H24F3N3OS. The number of aromatic nitrogens is 3. The van der Waals surface area contributed by atoms with Crippen LogP contribution in [-0.4, -0.2) is 31.6 Å². The molecular weight excluding hydrogens is 375 g/mol. The Morgan fingerprint density at radius 1 is 1.26 bits per heavy atom. The molecule has 1 aromatic carbocycles. The third-order valence-corrected chi connectivity index (χ3v) is 6.22. The van der Waals surface area contributed by atoms with Gasteiger partial charge in [-0.1, -0.05) is 38.1 Å². The Hall–Kier alpha value is -1.67. The minimum absolute atomic E-state index is 0.0221. The van der Waals surface area contributed by atoms with Crippen molar-refractivity contribution >= 4 is 12.2 Å². The molecule has 0 spiro atoms. The fraction of sp³-hybridized carbons (Fsp3) is 0.579. The average molecular weight is 399 g/mol. The Bertz CT molecular complexity index is 841. The molecule has 148 valence electrons. The Labute approximate surface area is 161 Å².